The van der Waals surface area contributed by atoms with Gasteiger partial charge < -0.3 is 10.5 Å². The molecular weight excluding hydrogens is 312 g/mol. The van der Waals surface area contributed by atoms with Crippen LogP contribution in [-0.4, -0.2) is 23.8 Å². The van der Waals surface area contributed by atoms with Crippen molar-refractivity contribution in [1.82, 2.24) is 0 Å². The minimum atomic E-state index is -0.321. The second-order valence-corrected chi connectivity index (χ2v) is 5.59. The molecule has 5 heteroatoms. The zero-order valence-corrected chi connectivity index (χ0v) is 13.9. The largest absolute Gasteiger partial charge is 0.459 e. The fourth-order valence-corrected chi connectivity index (χ4v) is 2.09. The van der Waals surface area contributed by atoms with Gasteiger partial charge in [-0.25, -0.2) is 9.79 Å². The number of nitrogens with zero attached hydrogens (tertiary/aromatic N) is 1. The zero-order valence-electron chi connectivity index (χ0n) is 13.1. The average molecular weight is 331 g/mol. The van der Waals surface area contributed by atoms with E-state index in [1.165, 1.54) is 0 Å². The lowest BCUT2D eigenvalue weighted by molar-refractivity contribution is 0.0378. The summed E-state index contributed by atoms with van der Waals surface area (Å²) in [7, 11) is 0. The van der Waals surface area contributed by atoms with Crippen molar-refractivity contribution in [3.63, 3.8) is 0 Å². The van der Waals surface area contributed by atoms with Crippen molar-refractivity contribution in [3.05, 3.63) is 54.1 Å². The third-order valence-corrected chi connectivity index (χ3v) is 3.33. The Hall–Kier alpha value is -2.33. The molecular formula is C18H19ClN2O2. The molecule has 0 saturated heterocycles. The predicted molar refractivity (Wildman–Crippen MR) is 94.4 cm³/mol. The highest BCUT2D eigenvalue weighted by atomic mass is 35.5. The van der Waals surface area contributed by atoms with Crippen LogP contribution in [0.2, 0.25) is 0 Å². The number of alkyl halides is 1. The molecule has 2 aromatic carbocycles. The van der Waals surface area contributed by atoms with E-state index >= 15 is 0 Å². The van der Waals surface area contributed by atoms with Gasteiger partial charge in [-0.15, -0.1) is 11.6 Å². The molecule has 120 valence electrons. The van der Waals surface area contributed by atoms with Crippen molar-refractivity contribution in [2.75, 3.05) is 5.88 Å². The number of hydrogen-bond acceptors (Lipinski definition) is 3. The van der Waals surface area contributed by atoms with Crippen molar-refractivity contribution >= 4 is 29.1 Å². The fourth-order valence-electron chi connectivity index (χ4n) is 2.03. The fraction of sp³-hybridized carbons (Fsp3) is 0.222. The van der Waals surface area contributed by atoms with Gasteiger partial charge in [-0.05, 0) is 49.2 Å². The molecule has 0 aliphatic carbocycles. The van der Waals surface area contributed by atoms with E-state index in [4.69, 9.17) is 22.1 Å². The van der Waals surface area contributed by atoms with E-state index in [2.05, 4.69) is 4.99 Å². The van der Waals surface area contributed by atoms with E-state index < -0.39 is 0 Å². The lowest BCUT2D eigenvalue weighted by Gasteiger charge is -2.09. The Labute approximate surface area is 140 Å². The molecule has 0 atom stereocenters. The standard InChI is InChI=1S/C18H19ClN2O2/c1-12(2)23-18(22)15-5-3-4-14(10-15)13-6-8-16(9-7-13)21-17(20)11-19/h3-10,12H,11H2,1-2H3,(H2,20,21). The first-order chi connectivity index (χ1) is 11.0. The number of carbonyl (C=O) groups is 1. The van der Waals surface area contributed by atoms with Crippen LogP contribution in [0.15, 0.2) is 53.5 Å². The van der Waals surface area contributed by atoms with Gasteiger partial charge in [0.2, 0.25) is 0 Å². The molecule has 2 rings (SSSR count). The Balaban J connectivity index is 2.24. The summed E-state index contributed by atoms with van der Waals surface area (Å²) in [4.78, 5) is 16.2. The van der Waals surface area contributed by atoms with Crippen LogP contribution < -0.4 is 5.73 Å². The van der Waals surface area contributed by atoms with E-state index in [9.17, 15) is 4.79 Å². The molecule has 0 aliphatic rings. The van der Waals surface area contributed by atoms with Gasteiger partial charge in [0.05, 0.1) is 23.2 Å². The highest BCUT2D eigenvalue weighted by Crippen LogP contribution is 2.24. The molecule has 0 fully saturated rings. The lowest BCUT2D eigenvalue weighted by atomic mass is 10.0. The number of carbonyl (C=O) groups excluding carboxylic acids is 1. The average Bonchev–Trinajstić information content (AvgIpc) is 2.55. The highest BCUT2D eigenvalue weighted by molar-refractivity contribution is 6.28. The Morgan fingerprint density at radius 2 is 1.87 bits per heavy atom. The SMILES string of the molecule is CC(C)OC(=O)c1cccc(-c2ccc(N=C(N)CCl)cc2)c1. The van der Waals surface area contributed by atoms with Crippen LogP contribution >= 0.6 is 11.6 Å². The van der Waals surface area contributed by atoms with Crippen LogP contribution in [0, 0.1) is 0 Å². The predicted octanol–water partition coefficient (Wildman–Crippen LogP) is 4.15. The highest BCUT2D eigenvalue weighted by Gasteiger charge is 2.10. The van der Waals surface area contributed by atoms with E-state index in [1.54, 1.807) is 6.07 Å². The summed E-state index contributed by atoms with van der Waals surface area (Å²) in [5, 5.41) is 0. The second kappa shape index (κ2) is 7.79. The lowest BCUT2D eigenvalue weighted by Crippen LogP contribution is -2.12. The molecule has 23 heavy (non-hydrogen) atoms. The number of esters is 1. The van der Waals surface area contributed by atoms with Crippen molar-refractivity contribution in [2.24, 2.45) is 10.7 Å². The van der Waals surface area contributed by atoms with Gasteiger partial charge in [0.25, 0.3) is 0 Å². The summed E-state index contributed by atoms with van der Waals surface area (Å²) >= 11 is 5.61. The number of benzene rings is 2. The van der Waals surface area contributed by atoms with Gasteiger partial charge in [0.15, 0.2) is 0 Å². The number of rotatable bonds is 5. The summed E-state index contributed by atoms with van der Waals surface area (Å²) in [6, 6.07) is 14.9. The molecule has 2 aromatic rings. The maximum Gasteiger partial charge on any atom is 0.338 e. The number of amidine groups is 1. The molecule has 0 aromatic heterocycles. The molecule has 0 saturated carbocycles. The summed E-state index contributed by atoms with van der Waals surface area (Å²) in [5.74, 6) is 0.248. The molecule has 0 unspecified atom stereocenters. The van der Waals surface area contributed by atoms with Gasteiger partial charge in [-0.1, -0.05) is 24.3 Å². The monoisotopic (exact) mass is 330 g/mol. The van der Waals surface area contributed by atoms with Crippen LogP contribution in [0.5, 0.6) is 0 Å². The Kier molecular flexibility index (Phi) is 5.77. The number of hydrogen-bond donors (Lipinski definition) is 1. The van der Waals surface area contributed by atoms with Crippen molar-refractivity contribution in [3.8, 4) is 11.1 Å². The number of nitrogens with two attached hydrogens (primary N) is 1. The second-order valence-electron chi connectivity index (χ2n) is 5.32. The van der Waals surface area contributed by atoms with Crippen LogP contribution in [0.4, 0.5) is 5.69 Å². The molecule has 0 bridgehead atoms. The maximum absolute atomic E-state index is 12.0. The summed E-state index contributed by atoms with van der Waals surface area (Å²) < 4.78 is 5.22. The third-order valence-electron chi connectivity index (χ3n) is 3.05. The van der Waals surface area contributed by atoms with E-state index in [0.29, 0.717) is 11.4 Å². The minimum absolute atomic E-state index is 0.143. The molecule has 0 heterocycles. The van der Waals surface area contributed by atoms with Crippen molar-refractivity contribution < 1.29 is 9.53 Å². The summed E-state index contributed by atoms with van der Waals surface area (Å²) in [6.07, 6.45) is -0.143. The Morgan fingerprint density at radius 3 is 2.48 bits per heavy atom. The number of aliphatic imine (C=N–C) groups is 1. The first kappa shape index (κ1) is 17.0. The Morgan fingerprint density at radius 1 is 1.17 bits per heavy atom. The molecule has 4 nitrogen and oxygen atoms in total. The van der Waals surface area contributed by atoms with Crippen LogP contribution in [0.25, 0.3) is 11.1 Å². The van der Waals surface area contributed by atoms with Crippen LogP contribution in [0.1, 0.15) is 24.2 Å². The molecule has 0 spiro atoms. The van der Waals surface area contributed by atoms with E-state index in [-0.39, 0.29) is 18.0 Å². The van der Waals surface area contributed by atoms with E-state index in [0.717, 1.165) is 16.8 Å². The minimum Gasteiger partial charge on any atom is -0.459 e. The summed E-state index contributed by atoms with van der Waals surface area (Å²) in [5.41, 5.74) is 8.80. The number of ether oxygens (including phenoxy) is 1. The Bertz CT molecular complexity index is 709. The van der Waals surface area contributed by atoms with Gasteiger partial charge in [-0.3, -0.25) is 0 Å². The van der Waals surface area contributed by atoms with Gasteiger partial charge >= 0.3 is 5.97 Å². The normalized spacial score (nSPS) is 11.6. The molecule has 2 N–H and O–H groups in total. The van der Waals surface area contributed by atoms with Gasteiger partial charge in [0.1, 0.15) is 5.84 Å². The first-order valence-corrected chi connectivity index (χ1v) is 7.83. The van der Waals surface area contributed by atoms with E-state index in [1.807, 2.05) is 56.3 Å². The topological polar surface area (TPSA) is 64.7 Å². The zero-order chi connectivity index (χ0) is 16.8. The van der Waals surface area contributed by atoms with Gasteiger partial charge in [-0.2, -0.15) is 0 Å². The smallest absolute Gasteiger partial charge is 0.338 e. The van der Waals surface area contributed by atoms with Crippen LogP contribution in [0.3, 0.4) is 0 Å². The van der Waals surface area contributed by atoms with Crippen molar-refractivity contribution in [2.45, 2.75) is 20.0 Å². The molecule has 0 aliphatic heterocycles. The van der Waals surface area contributed by atoms with Gasteiger partial charge in [0, 0.05) is 0 Å². The third kappa shape index (κ3) is 4.83. The molecule has 0 amide bonds. The number of halogens is 1. The maximum atomic E-state index is 12.0. The van der Waals surface area contributed by atoms with Crippen molar-refractivity contribution in [1.29, 1.82) is 0 Å². The summed E-state index contributed by atoms with van der Waals surface area (Å²) in [6.45, 7) is 3.65. The van der Waals surface area contributed by atoms with Crippen LogP contribution in [-0.2, 0) is 4.74 Å². The molecule has 0 radical (unpaired) electrons. The first-order valence-electron chi connectivity index (χ1n) is 7.30. The quantitative estimate of drug-likeness (QED) is 0.387.